The minimum atomic E-state index is -0.827. The number of nitrogens with one attached hydrogen (secondary N) is 1. The Hall–Kier alpha value is -1.82. The Morgan fingerprint density at radius 2 is 2.14 bits per heavy atom. The zero-order valence-corrected chi connectivity index (χ0v) is 13.8. The van der Waals surface area contributed by atoms with Gasteiger partial charge in [0.25, 0.3) is 5.91 Å². The number of carbonyl (C=O) groups is 2. The Morgan fingerprint density at radius 3 is 2.76 bits per heavy atom. The molecule has 5 nitrogen and oxygen atoms in total. The van der Waals surface area contributed by atoms with E-state index >= 15 is 0 Å². The summed E-state index contributed by atoms with van der Waals surface area (Å²) in [5, 5.41) is 2.58. The SMILES string of the molecule is CCNC(=O)[C@H](C)OC(=O)/C=C/c1cc(Br)ccc1OC. The van der Waals surface area contributed by atoms with E-state index in [2.05, 4.69) is 21.2 Å². The third-order valence-electron chi connectivity index (χ3n) is 2.60. The summed E-state index contributed by atoms with van der Waals surface area (Å²) in [7, 11) is 1.55. The van der Waals surface area contributed by atoms with Crippen molar-refractivity contribution in [1.29, 1.82) is 0 Å². The van der Waals surface area contributed by atoms with Crippen LogP contribution in [0.3, 0.4) is 0 Å². The van der Waals surface area contributed by atoms with Crippen LogP contribution in [-0.2, 0) is 14.3 Å². The monoisotopic (exact) mass is 355 g/mol. The molecule has 1 N–H and O–H groups in total. The van der Waals surface area contributed by atoms with Crippen LogP contribution in [-0.4, -0.2) is 31.6 Å². The van der Waals surface area contributed by atoms with Crippen molar-refractivity contribution in [1.82, 2.24) is 5.32 Å². The molecule has 21 heavy (non-hydrogen) atoms. The Labute approximate surface area is 132 Å². The van der Waals surface area contributed by atoms with Crippen LogP contribution in [0.1, 0.15) is 19.4 Å². The molecule has 0 heterocycles. The summed E-state index contributed by atoms with van der Waals surface area (Å²) < 4.78 is 11.1. The number of esters is 1. The van der Waals surface area contributed by atoms with Gasteiger partial charge in [0.15, 0.2) is 6.10 Å². The topological polar surface area (TPSA) is 64.6 Å². The van der Waals surface area contributed by atoms with Gasteiger partial charge in [-0.25, -0.2) is 4.79 Å². The standard InChI is InChI=1S/C15H18BrNO4/c1-4-17-15(19)10(2)21-14(18)8-5-11-9-12(16)6-7-13(11)20-3/h5-10H,4H2,1-3H3,(H,17,19)/b8-5+/t10-/m0/s1. The first-order valence-corrected chi connectivity index (χ1v) is 7.27. The summed E-state index contributed by atoms with van der Waals surface area (Å²) in [6, 6.07) is 5.44. The number of halogens is 1. The molecule has 114 valence electrons. The summed E-state index contributed by atoms with van der Waals surface area (Å²) in [5.74, 6) is -0.269. The molecule has 1 rings (SSSR count). The molecule has 0 aliphatic carbocycles. The van der Waals surface area contributed by atoms with E-state index in [0.717, 1.165) is 10.0 Å². The van der Waals surface area contributed by atoms with Crippen LogP contribution in [0.2, 0.25) is 0 Å². The van der Waals surface area contributed by atoms with Crippen molar-refractivity contribution in [3.05, 3.63) is 34.3 Å². The fourth-order valence-electron chi connectivity index (χ4n) is 1.58. The number of benzene rings is 1. The number of amides is 1. The van der Waals surface area contributed by atoms with Gasteiger partial charge in [0.05, 0.1) is 7.11 Å². The molecule has 0 aromatic heterocycles. The molecule has 0 unspecified atom stereocenters. The van der Waals surface area contributed by atoms with Gasteiger partial charge in [-0.3, -0.25) is 4.79 Å². The normalized spacial score (nSPS) is 12.0. The molecule has 0 saturated heterocycles. The van der Waals surface area contributed by atoms with Gasteiger partial charge >= 0.3 is 5.97 Å². The zero-order chi connectivity index (χ0) is 15.8. The van der Waals surface area contributed by atoms with Crippen molar-refractivity contribution in [3.63, 3.8) is 0 Å². The highest BCUT2D eigenvalue weighted by molar-refractivity contribution is 9.10. The summed E-state index contributed by atoms with van der Waals surface area (Å²) in [6.45, 7) is 3.81. The molecule has 0 bridgehead atoms. The van der Waals surface area contributed by atoms with Crippen LogP contribution < -0.4 is 10.1 Å². The van der Waals surface area contributed by atoms with Crippen LogP contribution in [0, 0.1) is 0 Å². The summed E-state index contributed by atoms with van der Waals surface area (Å²) >= 11 is 3.35. The first-order chi connectivity index (χ1) is 9.97. The largest absolute Gasteiger partial charge is 0.496 e. The van der Waals surface area contributed by atoms with Gasteiger partial charge in [-0.15, -0.1) is 0 Å². The van der Waals surface area contributed by atoms with E-state index in [1.54, 1.807) is 26.2 Å². The third kappa shape index (κ3) is 5.59. The lowest BCUT2D eigenvalue weighted by Gasteiger charge is -2.11. The number of methoxy groups -OCH3 is 1. The molecule has 1 amide bonds. The van der Waals surface area contributed by atoms with Gasteiger partial charge < -0.3 is 14.8 Å². The second-order valence-corrected chi connectivity index (χ2v) is 5.11. The maximum absolute atomic E-state index is 11.7. The number of carbonyl (C=O) groups excluding carboxylic acids is 2. The van der Waals surface area contributed by atoms with E-state index in [-0.39, 0.29) is 5.91 Å². The molecule has 0 spiro atoms. The fraction of sp³-hybridized carbons (Fsp3) is 0.333. The first kappa shape index (κ1) is 17.2. The molecular formula is C15H18BrNO4. The average Bonchev–Trinajstić information content (AvgIpc) is 2.45. The van der Waals surface area contributed by atoms with Crippen LogP contribution in [0.4, 0.5) is 0 Å². The summed E-state index contributed by atoms with van der Waals surface area (Å²) in [6.07, 6.45) is 2.02. The molecule has 1 aromatic rings. The van der Waals surface area contributed by atoms with Crippen molar-refractivity contribution in [2.45, 2.75) is 20.0 Å². The predicted molar refractivity (Wildman–Crippen MR) is 84.0 cm³/mol. The summed E-state index contributed by atoms with van der Waals surface area (Å²) in [4.78, 5) is 23.1. The minimum absolute atomic E-state index is 0.320. The molecule has 6 heteroatoms. The number of likely N-dealkylation sites (N-methyl/N-ethyl adjacent to an activating group) is 1. The predicted octanol–water partition coefficient (Wildman–Crippen LogP) is 2.54. The van der Waals surface area contributed by atoms with Crippen molar-refractivity contribution in [3.8, 4) is 5.75 Å². The lowest BCUT2D eigenvalue weighted by Crippen LogP contribution is -2.35. The fourth-order valence-corrected chi connectivity index (χ4v) is 1.96. The van der Waals surface area contributed by atoms with Crippen molar-refractivity contribution in [2.75, 3.05) is 13.7 Å². The number of rotatable bonds is 6. The first-order valence-electron chi connectivity index (χ1n) is 6.47. The maximum Gasteiger partial charge on any atom is 0.331 e. The highest BCUT2D eigenvalue weighted by Gasteiger charge is 2.15. The molecule has 0 aliphatic heterocycles. The minimum Gasteiger partial charge on any atom is -0.496 e. The highest BCUT2D eigenvalue weighted by atomic mass is 79.9. The Kier molecular flexibility index (Phi) is 6.94. The van der Waals surface area contributed by atoms with E-state index in [0.29, 0.717) is 12.3 Å². The molecule has 0 saturated carbocycles. The van der Waals surface area contributed by atoms with Gasteiger partial charge in [-0.2, -0.15) is 0 Å². The second kappa shape index (κ2) is 8.46. The quantitative estimate of drug-likeness (QED) is 0.629. The van der Waals surface area contributed by atoms with Crippen LogP contribution >= 0.6 is 15.9 Å². The van der Waals surface area contributed by atoms with Gasteiger partial charge in [0.2, 0.25) is 0 Å². The highest BCUT2D eigenvalue weighted by Crippen LogP contribution is 2.24. The van der Waals surface area contributed by atoms with E-state index in [1.165, 1.54) is 13.0 Å². The van der Waals surface area contributed by atoms with Crippen LogP contribution in [0.25, 0.3) is 6.08 Å². The van der Waals surface area contributed by atoms with E-state index in [1.807, 2.05) is 12.1 Å². The lowest BCUT2D eigenvalue weighted by molar-refractivity contribution is -0.150. The average molecular weight is 356 g/mol. The van der Waals surface area contributed by atoms with Gasteiger partial charge in [-0.1, -0.05) is 15.9 Å². The Bertz CT molecular complexity index is 542. The number of ether oxygens (including phenoxy) is 2. The molecular weight excluding hydrogens is 338 g/mol. The number of hydrogen-bond donors (Lipinski definition) is 1. The lowest BCUT2D eigenvalue weighted by atomic mass is 10.2. The Morgan fingerprint density at radius 1 is 1.43 bits per heavy atom. The van der Waals surface area contributed by atoms with Gasteiger partial charge in [0, 0.05) is 22.7 Å². The smallest absolute Gasteiger partial charge is 0.331 e. The second-order valence-electron chi connectivity index (χ2n) is 4.19. The molecule has 1 aromatic carbocycles. The third-order valence-corrected chi connectivity index (χ3v) is 3.10. The van der Waals surface area contributed by atoms with E-state index in [9.17, 15) is 9.59 Å². The van der Waals surface area contributed by atoms with Crippen molar-refractivity contribution >= 4 is 33.9 Å². The van der Waals surface area contributed by atoms with Crippen LogP contribution in [0.5, 0.6) is 5.75 Å². The molecule has 0 aliphatic rings. The Balaban J connectivity index is 2.70. The van der Waals surface area contributed by atoms with E-state index < -0.39 is 12.1 Å². The molecule has 0 fully saturated rings. The van der Waals surface area contributed by atoms with Crippen molar-refractivity contribution < 1.29 is 19.1 Å². The number of hydrogen-bond acceptors (Lipinski definition) is 4. The molecule has 0 radical (unpaired) electrons. The van der Waals surface area contributed by atoms with Gasteiger partial charge in [0.1, 0.15) is 5.75 Å². The summed E-state index contributed by atoms with van der Waals surface area (Å²) in [5.41, 5.74) is 0.731. The van der Waals surface area contributed by atoms with Crippen LogP contribution in [0.15, 0.2) is 28.7 Å². The molecule has 1 atom stereocenters. The maximum atomic E-state index is 11.7. The van der Waals surface area contributed by atoms with E-state index in [4.69, 9.17) is 9.47 Å². The van der Waals surface area contributed by atoms with Crippen molar-refractivity contribution in [2.24, 2.45) is 0 Å². The zero-order valence-electron chi connectivity index (χ0n) is 12.2. The van der Waals surface area contributed by atoms with Gasteiger partial charge in [-0.05, 0) is 38.1 Å².